The van der Waals surface area contributed by atoms with Gasteiger partial charge in [-0.2, -0.15) is 5.10 Å². The molecule has 0 spiro atoms. The van der Waals surface area contributed by atoms with Crippen LogP contribution in [0.2, 0.25) is 0 Å². The molecule has 0 aliphatic carbocycles. The fraction of sp³-hybridized carbons (Fsp3) is 0.500. The van der Waals surface area contributed by atoms with Crippen LogP contribution in [0, 0.1) is 5.92 Å². The number of nitrogens with zero attached hydrogens (tertiary/aromatic N) is 2. The molecule has 1 saturated heterocycles. The van der Waals surface area contributed by atoms with Gasteiger partial charge >= 0.3 is 0 Å². The largest absolute Gasteiger partial charge is 0.315 e. The predicted octanol–water partition coefficient (Wildman–Crippen LogP) is 0.340. The van der Waals surface area contributed by atoms with Crippen molar-refractivity contribution < 1.29 is 4.79 Å². The van der Waals surface area contributed by atoms with Gasteiger partial charge in [-0.15, -0.1) is 0 Å². The van der Waals surface area contributed by atoms with Crippen LogP contribution in [0.25, 0.3) is 0 Å². The van der Waals surface area contributed by atoms with E-state index in [0.29, 0.717) is 5.82 Å². The summed E-state index contributed by atoms with van der Waals surface area (Å²) < 4.78 is 2.51. The molecule has 14 heavy (non-hydrogen) atoms. The van der Waals surface area contributed by atoms with Gasteiger partial charge in [0.2, 0.25) is 5.91 Å². The fourth-order valence-corrected chi connectivity index (χ4v) is 1.50. The number of nitrogens with one attached hydrogen (secondary N) is 2. The molecule has 2 N–H and O–H groups in total. The van der Waals surface area contributed by atoms with E-state index >= 15 is 0 Å². The average molecular weight is 259 g/mol. The zero-order chi connectivity index (χ0) is 10.1. The van der Waals surface area contributed by atoms with Gasteiger partial charge in [0.05, 0.1) is 5.92 Å². The first-order valence-corrected chi connectivity index (χ1v) is 5.17. The predicted molar refractivity (Wildman–Crippen MR) is 55.9 cm³/mol. The lowest BCUT2D eigenvalue weighted by atomic mass is 10.0. The average Bonchev–Trinajstić information content (AvgIpc) is 2.26. The van der Waals surface area contributed by atoms with Crippen LogP contribution in [0.3, 0.4) is 0 Å². The Morgan fingerprint density at radius 1 is 1.79 bits per heavy atom. The smallest absolute Gasteiger partial charge is 0.231 e. The van der Waals surface area contributed by atoms with Crippen LogP contribution in [-0.2, 0) is 11.8 Å². The first-order chi connectivity index (χ1) is 6.66. The van der Waals surface area contributed by atoms with Crippen molar-refractivity contribution in [3.05, 3.63) is 10.7 Å². The van der Waals surface area contributed by atoms with Crippen LogP contribution in [-0.4, -0.2) is 28.8 Å². The van der Waals surface area contributed by atoms with Crippen molar-refractivity contribution in [2.45, 2.75) is 0 Å². The molecule has 0 aromatic carbocycles. The Morgan fingerprint density at radius 2 is 2.50 bits per heavy atom. The number of halogens is 1. The summed E-state index contributed by atoms with van der Waals surface area (Å²) in [4.78, 5) is 11.5. The lowest BCUT2D eigenvalue weighted by Crippen LogP contribution is -2.48. The molecule has 0 saturated carbocycles. The Balaban J connectivity index is 1.99. The number of anilines is 1. The Hall–Kier alpha value is -0.880. The zero-order valence-electron chi connectivity index (χ0n) is 7.75. The number of amides is 1. The molecular weight excluding hydrogens is 248 g/mol. The van der Waals surface area contributed by atoms with Crippen molar-refractivity contribution in [1.82, 2.24) is 15.1 Å². The molecule has 76 valence electrons. The van der Waals surface area contributed by atoms with Crippen LogP contribution in [0.1, 0.15) is 0 Å². The van der Waals surface area contributed by atoms with Crippen molar-refractivity contribution >= 4 is 27.7 Å². The molecule has 0 bridgehead atoms. The highest BCUT2D eigenvalue weighted by atomic mass is 79.9. The molecule has 1 aromatic rings. The zero-order valence-corrected chi connectivity index (χ0v) is 9.34. The van der Waals surface area contributed by atoms with E-state index in [4.69, 9.17) is 0 Å². The van der Waals surface area contributed by atoms with E-state index in [0.717, 1.165) is 17.7 Å². The minimum atomic E-state index is 0.0364. The molecule has 1 aliphatic rings. The first-order valence-electron chi connectivity index (χ1n) is 4.38. The Labute approximate surface area is 90.0 Å². The van der Waals surface area contributed by atoms with Crippen molar-refractivity contribution in [2.75, 3.05) is 18.4 Å². The maximum Gasteiger partial charge on any atom is 0.231 e. The normalized spacial score (nSPS) is 16.4. The standard InChI is InChI=1S/C8H11BrN4O/c1-13-6(9)2-7(12-13)11-8(14)5-3-10-4-5/h2,5,10H,3-4H2,1H3,(H,11,12,14). The van der Waals surface area contributed by atoms with Gasteiger partial charge < -0.3 is 10.6 Å². The van der Waals surface area contributed by atoms with Gasteiger partial charge in [0.1, 0.15) is 4.60 Å². The van der Waals surface area contributed by atoms with Crippen molar-refractivity contribution in [3.63, 3.8) is 0 Å². The van der Waals surface area contributed by atoms with E-state index in [-0.39, 0.29) is 11.8 Å². The molecule has 6 heteroatoms. The third kappa shape index (κ3) is 1.80. The minimum Gasteiger partial charge on any atom is -0.315 e. The third-order valence-electron chi connectivity index (χ3n) is 2.23. The number of carbonyl (C=O) groups is 1. The van der Waals surface area contributed by atoms with Crippen molar-refractivity contribution in [3.8, 4) is 0 Å². The minimum absolute atomic E-state index is 0.0364. The second kappa shape index (κ2) is 3.70. The maximum atomic E-state index is 11.5. The number of hydrogen-bond donors (Lipinski definition) is 2. The van der Waals surface area contributed by atoms with Crippen molar-refractivity contribution in [1.29, 1.82) is 0 Å². The van der Waals surface area contributed by atoms with Gasteiger partial charge in [-0.05, 0) is 15.9 Å². The number of hydrogen-bond acceptors (Lipinski definition) is 3. The van der Waals surface area contributed by atoms with Gasteiger partial charge in [-0.25, -0.2) is 0 Å². The Kier molecular flexibility index (Phi) is 2.56. The molecule has 1 aliphatic heterocycles. The lowest BCUT2D eigenvalue weighted by Gasteiger charge is -2.25. The van der Waals surface area contributed by atoms with Crippen LogP contribution < -0.4 is 10.6 Å². The van der Waals surface area contributed by atoms with Crippen LogP contribution in [0.4, 0.5) is 5.82 Å². The van der Waals surface area contributed by atoms with E-state index in [9.17, 15) is 4.79 Å². The second-order valence-corrected chi connectivity index (χ2v) is 4.13. The number of carbonyl (C=O) groups excluding carboxylic acids is 1. The highest BCUT2D eigenvalue weighted by Gasteiger charge is 2.25. The number of aryl methyl sites for hydroxylation is 1. The van der Waals surface area contributed by atoms with E-state index in [2.05, 4.69) is 31.7 Å². The van der Waals surface area contributed by atoms with E-state index < -0.39 is 0 Å². The molecule has 0 unspecified atom stereocenters. The lowest BCUT2D eigenvalue weighted by molar-refractivity contribution is -0.121. The molecule has 0 radical (unpaired) electrons. The summed E-state index contributed by atoms with van der Waals surface area (Å²) in [7, 11) is 1.81. The summed E-state index contributed by atoms with van der Waals surface area (Å²) >= 11 is 3.31. The van der Waals surface area contributed by atoms with Crippen LogP contribution >= 0.6 is 15.9 Å². The molecule has 1 aromatic heterocycles. The van der Waals surface area contributed by atoms with Crippen LogP contribution in [0.15, 0.2) is 10.7 Å². The van der Waals surface area contributed by atoms with E-state index in [1.807, 2.05) is 7.05 Å². The summed E-state index contributed by atoms with van der Waals surface area (Å²) in [5, 5.41) is 9.92. The summed E-state index contributed by atoms with van der Waals surface area (Å²) in [6.07, 6.45) is 0. The SMILES string of the molecule is Cn1nc(NC(=O)C2CNC2)cc1Br. The molecule has 0 atom stereocenters. The maximum absolute atomic E-state index is 11.5. The third-order valence-corrected chi connectivity index (χ3v) is 2.97. The molecule has 1 fully saturated rings. The van der Waals surface area contributed by atoms with E-state index in [1.54, 1.807) is 10.7 Å². The quantitative estimate of drug-likeness (QED) is 0.805. The summed E-state index contributed by atoms with van der Waals surface area (Å²) in [5.41, 5.74) is 0. The molecule has 5 nitrogen and oxygen atoms in total. The Bertz CT molecular complexity index is 339. The summed E-state index contributed by atoms with van der Waals surface area (Å²) in [6.45, 7) is 1.53. The molecular formula is C8H11BrN4O. The molecule has 2 heterocycles. The Morgan fingerprint density at radius 3 is 2.93 bits per heavy atom. The van der Waals surface area contributed by atoms with Gasteiger partial charge in [-0.3, -0.25) is 9.48 Å². The topological polar surface area (TPSA) is 59.0 Å². The summed E-state index contributed by atoms with van der Waals surface area (Å²) in [6, 6.07) is 1.78. The molecule has 2 rings (SSSR count). The van der Waals surface area contributed by atoms with Gasteiger partial charge in [0, 0.05) is 26.2 Å². The first kappa shape index (κ1) is 9.67. The fourth-order valence-electron chi connectivity index (χ4n) is 1.21. The van der Waals surface area contributed by atoms with Gasteiger partial charge in [-0.1, -0.05) is 0 Å². The van der Waals surface area contributed by atoms with Gasteiger partial charge in [0.25, 0.3) is 0 Å². The monoisotopic (exact) mass is 258 g/mol. The van der Waals surface area contributed by atoms with Crippen LogP contribution in [0.5, 0.6) is 0 Å². The number of aromatic nitrogens is 2. The highest BCUT2D eigenvalue weighted by molar-refractivity contribution is 9.10. The molecule has 1 amide bonds. The van der Waals surface area contributed by atoms with E-state index in [1.165, 1.54) is 0 Å². The second-order valence-electron chi connectivity index (χ2n) is 3.32. The van der Waals surface area contributed by atoms with Gasteiger partial charge in [0.15, 0.2) is 5.82 Å². The number of rotatable bonds is 2. The van der Waals surface area contributed by atoms with Crippen molar-refractivity contribution in [2.24, 2.45) is 13.0 Å². The highest BCUT2D eigenvalue weighted by Crippen LogP contribution is 2.15. The summed E-state index contributed by atoms with van der Waals surface area (Å²) in [5.74, 6) is 0.724.